The van der Waals surface area contributed by atoms with Crippen molar-refractivity contribution in [1.82, 2.24) is 30.1 Å². The van der Waals surface area contributed by atoms with Gasteiger partial charge >= 0.3 is 0 Å². The van der Waals surface area contributed by atoms with Gasteiger partial charge in [-0.15, -0.1) is 24.0 Å². The van der Waals surface area contributed by atoms with Crippen LogP contribution in [0, 0.1) is 0 Å². The first kappa shape index (κ1) is 26.5. The maximum absolute atomic E-state index is 12.3. The molecular formula is C20H32IN7O3S. The van der Waals surface area contributed by atoms with Crippen LogP contribution in [0.5, 0.6) is 0 Å². The number of hydrogen-bond acceptors (Lipinski definition) is 6. The van der Waals surface area contributed by atoms with Crippen LogP contribution in [0.1, 0.15) is 30.6 Å². The summed E-state index contributed by atoms with van der Waals surface area (Å²) in [4.78, 5) is 8.93. The molecule has 0 bridgehead atoms. The summed E-state index contributed by atoms with van der Waals surface area (Å²) in [5.74, 6) is 2.18. The molecular weight excluding hydrogens is 545 g/mol. The zero-order valence-electron chi connectivity index (χ0n) is 18.5. The van der Waals surface area contributed by atoms with E-state index in [1.807, 2.05) is 41.9 Å². The Kier molecular flexibility index (Phi) is 10.8. The van der Waals surface area contributed by atoms with Crippen molar-refractivity contribution in [1.29, 1.82) is 0 Å². The van der Waals surface area contributed by atoms with Gasteiger partial charge in [-0.1, -0.05) is 30.3 Å². The number of aromatic nitrogens is 3. The molecule has 0 saturated heterocycles. The standard InChI is InChI=1S/C20H31N7O3S.HI/c1-3-21-20(22-11-12-31(28,29)23-13-16-7-5-4-6-8-16)24-17-9-10-19-25-18(15-30-2)26-27(19)14-17;/h4-8,17,23H,3,9-15H2,1-2H3,(H2,21,22,24);1H. The van der Waals surface area contributed by atoms with Gasteiger partial charge in [0.05, 0.1) is 18.8 Å². The number of aryl methyl sites for hydroxylation is 1. The maximum atomic E-state index is 12.3. The Balaban J connectivity index is 0.00000363. The van der Waals surface area contributed by atoms with Crippen LogP contribution >= 0.6 is 24.0 Å². The second-order valence-corrected chi connectivity index (χ2v) is 9.25. The monoisotopic (exact) mass is 577 g/mol. The van der Waals surface area contributed by atoms with Gasteiger partial charge < -0.3 is 15.4 Å². The normalized spacial score (nSPS) is 16.2. The summed E-state index contributed by atoms with van der Waals surface area (Å²) in [5.41, 5.74) is 0.919. The second-order valence-electron chi connectivity index (χ2n) is 7.33. The van der Waals surface area contributed by atoms with Gasteiger partial charge in [-0.2, -0.15) is 5.10 Å². The quantitative estimate of drug-likeness (QED) is 0.219. The summed E-state index contributed by atoms with van der Waals surface area (Å²) in [6.07, 6.45) is 1.71. The van der Waals surface area contributed by atoms with E-state index in [4.69, 9.17) is 4.74 Å². The summed E-state index contributed by atoms with van der Waals surface area (Å²) < 4.78 is 34.2. The lowest BCUT2D eigenvalue weighted by Crippen LogP contribution is -2.47. The highest BCUT2D eigenvalue weighted by Crippen LogP contribution is 2.13. The van der Waals surface area contributed by atoms with Crippen LogP contribution in [-0.2, 0) is 40.9 Å². The molecule has 3 rings (SSSR count). The van der Waals surface area contributed by atoms with Crippen LogP contribution in [0.25, 0.3) is 0 Å². The minimum absolute atomic E-state index is 0. The highest BCUT2D eigenvalue weighted by molar-refractivity contribution is 14.0. The number of rotatable bonds is 10. The van der Waals surface area contributed by atoms with Gasteiger partial charge in [0, 0.05) is 32.7 Å². The molecule has 1 aliphatic rings. The topological polar surface area (TPSA) is 123 Å². The lowest BCUT2D eigenvalue weighted by atomic mass is 10.1. The van der Waals surface area contributed by atoms with Crippen molar-refractivity contribution in [2.75, 3.05) is 26.0 Å². The van der Waals surface area contributed by atoms with Crippen molar-refractivity contribution < 1.29 is 13.2 Å². The van der Waals surface area contributed by atoms with Crippen LogP contribution in [0.4, 0.5) is 0 Å². The van der Waals surface area contributed by atoms with E-state index in [1.54, 1.807) is 7.11 Å². The number of hydrogen-bond donors (Lipinski definition) is 3. The fourth-order valence-corrected chi connectivity index (χ4v) is 4.18. The largest absolute Gasteiger partial charge is 0.377 e. The van der Waals surface area contributed by atoms with Gasteiger partial charge in [0.2, 0.25) is 10.0 Å². The Labute approximate surface area is 206 Å². The molecule has 1 aromatic heterocycles. The molecule has 178 valence electrons. The molecule has 1 atom stereocenters. The number of fused-ring (bicyclic) bond motifs is 1. The number of benzene rings is 1. The number of nitrogens with one attached hydrogen (secondary N) is 3. The smallest absolute Gasteiger partial charge is 0.213 e. The third kappa shape index (κ3) is 8.30. The Hall–Kier alpha value is -1.77. The molecule has 0 aliphatic carbocycles. The zero-order chi connectivity index (χ0) is 22.1. The molecule has 0 radical (unpaired) electrons. The van der Waals surface area contributed by atoms with Crippen molar-refractivity contribution in [3.8, 4) is 0 Å². The lowest BCUT2D eigenvalue weighted by molar-refractivity contribution is 0.177. The van der Waals surface area contributed by atoms with Crippen molar-refractivity contribution in [2.45, 2.75) is 45.5 Å². The molecule has 12 heteroatoms. The van der Waals surface area contributed by atoms with E-state index in [0.717, 1.165) is 24.2 Å². The van der Waals surface area contributed by atoms with E-state index >= 15 is 0 Å². The van der Waals surface area contributed by atoms with Crippen LogP contribution in [0.2, 0.25) is 0 Å². The Morgan fingerprint density at radius 2 is 2.09 bits per heavy atom. The number of nitrogens with zero attached hydrogens (tertiary/aromatic N) is 4. The predicted molar refractivity (Wildman–Crippen MR) is 134 cm³/mol. The van der Waals surface area contributed by atoms with E-state index in [9.17, 15) is 8.42 Å². The number of halogens is 1. The fourth-order valence-electron chi connectivity index (χ4n) is 3.32. The molecule has 0 saturated carbocycles. The number of sulfonamides is 1. The van der Waals surface area contributed by atoms with Crippen molar-refractivity contribution in [2.24, 2.45) is 4.99 Å². The summed E-state index contributed by atoms with van der Waals surface area (Å²) in [5, 5.41) is 11.0. The summed E-state index contributed by atoms with van der Waals surface area (Å²) in [6, 6.07) is 9.57. The highest BCUT2D eigenvalue weighted by atomic mass is 127. The number of guanidine groups is 1. The summed E-state index contributed by atoms with van der Waals surface area (Å²) in [7, 11) is -1.79. The van der Waals surface area contributed by atoms with Crippen LogP contribution in [-0.4, -0.2) is 61.1 Å². The molecule has 0 fully saturated rings. The Bertz CT molecular complexity index is 967. The molecule has 32 heavy (non-hydrogen) atoms. The van der Waals surface area contributed by atoms with Gasteiger partial charge in [0.1, 0.15) is 12.4 Å². The first-order valence-electron chi connectivity index (χ1n) is 10.5. The second kappa shape index (κ2) is 13.1. The summed E-state index contributed by atoms with van der Waals surface area (Å²) in [6.45, 7) is 4.17. The highest BCUT2D eigenvalue weighted by Gasteiger charge is 2.22. The lowest BCUT2D eigenvalue weighted by Gasteiger charge is -2.25. The van der Waals surface area contributed by atoms with Gasteiger partial charge in [0.25, 0.3) is 0 Å². The van der Waals surface area contributed by atoms with Gasteiger partial charge in [0.15, 0.2) is 11.8 Å². The summed E-state index contributed by atoms with van der Waals surface area (Å²) >= 11 is 0. The van der Waals surface area contributed by atoms with Crippen LogP contribution < -0.4 is 15.4 Å². The van der Waals surface area contributed by atoms with Gasteiger partial charge in [-0.05, 0) is 18.9 Å². The average molecular weight is 577 g/mol. The number of ether oxygens (including phenoxy) is 1. The molecule has 10 nitrogen and oxygen atoms in total. The van der Waals surface area contributed by atoms with Crippen molar-refractivity contribution >= 4 is 40.0 Å². The first-order valence-corrected chi connectivity index (χ1v) is 12.1. The molecule has 0 amide bonds. The predicted octanol–water partition coefficient (Wildman–Crippen LogP) is 1.03. The molecule has 3 N–H and O–H groups in total. The fraction of sp³-hybridized carbons (Fsp3) is 0.550. The van der Waals surface area contributed by atoms with Gasteiger partial charge in [-0.3, -0.25) is 4.99 Å². The minimum Gasteiger partial charge on any atom is -0.377 e. The molecule has 1 aliphatic heterocycles. The third-order valence-corrected chi connectivity index (χ3v) is 6.13. The average Bonchev–Trinajstić information content (AvgIpc) is 3.15. The van der Waals surface area contributed by atoms with E-state index in [-0.39, 0.29) is 48.9 Å². The minimum atomic E-state index is -3.41. The van der Waals surface area contributed by atoms with E-state index in [1.165, 1.54) is 0 Å². The molecule has 0 spiro atoms. The molecule has 2 aromatic rings. The van der Waals surface area contributed by atoms with Crippen LogP contribution in [0.3, 0.4) is 0 Å². The van der Waals surface area contributed by atoms with Gasteiger partial charge in [-0.25, -0.2) is 22.8 Å². The molecule has 1 aromatic carbocycles. The third-order valence-electron chi connectivity index (χ3n) is 4.83. The van der Waals surface area contributed by atoms with E-state index in [0.29, 0.717) is 31.5 Å². The molecule has 1 unspecified atom stereocenters. The molecule has 2 heterocycles. The van der Waals surface area contributed by atoms with Crippen molar-refractivity contribution in [3.63, 3.8) is 0 Å². The SMILES string of the molecule is CCNC(=NCCS(=O)(=O)NCc1ccccc1)NC1CCc2nc(COC)nn2C1.I. The Morgan fingerprint density at radius 3 is 2.81 bits per heavy atom. The number of methoxy groups -OCH3 is 1. The van der Waals surface area contributed by atoms with E-state index in [2.05, 4.69) is 30.4 Å². The van der Waals surface area contributed by atoms with Crippen molar-refractivity contribution in [3.05, 3.63) is 47.5 Å². The first-order chi connectivity index (χ1) is 15.0. The Morgan fingerprint density at radius 1 is 1.31 bits per heavy atom. The number of aliphatic imine (C=N–C) groups is 1. The zero-order valence-corrected chi connectivity index (χ0v) is 21.6. The van der Waals surface area contributed by atoms with Crippen LogP contribution in [0.15, 0.2) is 35.3 Å². The van der Waals surface area contributed by atoms with E-state index < -0.39 is 10.0 Å². The maximum Gasteiger partial charge on any atom is 0.213 e.